The van der Waals surface area contributed by atoms with Crippen molar-refractivity contribution in [2.45, 2.75) is 19.6 Å². The molecular formula is C28H27ClN4O6. The van der Waals surface area contributed by atoms with Gasteiger partial charge in [0, 0.05) is 79.0 Å². The number of carbonyl (C=O) groups is 2. The number of carboxylic acids is 2. The van der Waals surface area contributed by atoms with Crippen LogP contribution >= 0.6 is 11.6 Å². The van der Waals surface area contributed by atoms with E-state index in [1.54, 1.807) is 35.2 Å². The molecule has 0 bridgehead atoms. The molecule has 0 radical (unpaired) electrons. The van der Waals surface area contributed by atoms with E-state index in [9.17, 15) is 14.4 Å². The predicted molar refractivity (Wildman–Crippen MR) is 147 cm³/mol. The smallest absolute Gasteiger partial charge is 0.328 e. The summed E-state index contributed by atoms with van der Waals surface area (Å²) >= 11 is 5.85. The Hall–Kier alpha value is -4.41. The predicted octanol–water partition coefficient (Wildman–Crippen LogP) is 3.62. The Kier molecular flexibility index (Phi) is 8.80. The molecule has 2 N–H and O–H groups in total. The van der Waals surface area contributed by atoms with Crippen LogP contribution in [0, 0.1) is 0 Å². The molecule has 0 unspecified atom stereocenters. The zero-order valence-corrected chi connectivity index (χ0v) is 21.9. The molecule has 4 heterocycles. The molecule has 11 heteroatoms. The van der Waals surface area contributed by atoms with Gasteiger partial charge in [0.15, 0.2) is 0 Å². The van der Waals surface area contributed by atoms with Crippen LogP contribution in [-0.4, -0.2) is 61.3 Å². The molecular weight excluding hydrogens is 524 g/mol. The van der Waals surface area contributed by atoms with Crippen LogP contribution in [0.1, 0.15) is 11.4 Å². The van der Waals surface area contributed by atoms with Gasteiger partial charge < -0.3 is 24.4 Å². The minimum Gasteiger partial charge on any atom is -0.487 e. The Bertz CT molecular complexity index is 1560. The molecule has 202 valence electrons. The van der Waals surface area contributed by atoms with Crippen molar-refractivity contribution in [2.75, 3.05) is 20.1 Å². The van der Waals surface area contributed by atoms with Gasteiger partial charge in [0.1, 0.15) is 12.4 Å². The van der Waals surface area contributed by atoms with Gasteiger partial charge in [-0.05, 0) is 49.5 Å². The maximum atomic E-state index is 12.7. The number of hydrogen-bond donors (Lipinski definition) is 2. The van der Waals surface area contributed by atoms with E-state index in [0.717, 1.165) is 42.8 Å². The van der Waals surface area contributed by atoms with Crippen LogP contribution in [-0.2, 0) is 29.2 Å². The largest absolute Gasteiger partial charge is 0.487 e. The van der Waals surface area contributed by atoms with Gasteiger partial charge in [-0.15, -0.1) is 0 Å². The number of nitrogens with zero attached hydrogens (tertiary/aromatic N) is 4. The van der Waals surface area contributed by atoms with Gasteiger partial charge in [-0.2, -0.15) is 0 Å². The van der Waals surface area contributed by atoms with E-state index in [0.29, 0.717) is 22.9 Å². The van der Waals surface area contributed by atoms with Crippen molar-refractivity contribution in [3.63, 3.8) is 0 Å². The van der Waals surface area contributed by atoms with E-state index < -0.39 is 11.9 Å². The van der Waals surface area contributed by atoms with Crippen LogP contribution in [0.4, 0.5) is 0 Å². The van der Waals surface area contributed by atoms with Crippen molar-refractivity contribution in [3.8, 4) is 11.4 Å². The summed E-state index contributed by atoms with van der Waals surface area (Å²) in [5.74, 6) is -2.00. The quantitative estimate of drug-likeness (QED) is 0.349. The van der Waals surface area contributed by atoms with Gasteiger partial charge in [0.25, 0.3) is 5.56 Å². The molecule has 3 aromatic heterocycles. The van der Waals surface area contributed by atoms with Crippen molar-refractivity contribution in [2.24, 2.45) is 0 Å². The summed E-state index contributed by atoms with van der Waals surface area (Å²) in [5.41, 5.74) is 4.03. The minimum atomic E-state index is -1.26. The normalized spacial score (nSPS) is 13.4. The molecule has 0 amide bonds. The second-order valence-electron chi connectivity index (χ2n) is 8.92. The van der Waals surface area contributed by atoms with Gasteiger partial charge >= 0.3 is 11.9 Å². The maximum absolute atomic E-state index is 12.7. The lowest BCUT2D eigenvalue weighted by molar-refractivity contribution is -0.134. The van der Waals surface area contributed by atoms with Crippen molar-refractivity contribution < 1.29 is 24.5 Å². The second-order valence-corrected chi connectivity index (χ2v) is 9.36. The number of ether oxygens (including phenoxy) is 1. The van der Waals surface area contributed by atoms with Gasteiger partial charge in [0.05, 0.1) is 10.7 Å². The maximum Gasteiger partial charge on any atom is 0.328 e. The number of aliphatic carboxylic acids is 2. The van der Waals surface area contributed by atoms with Crippen LogP contribution in [0.15, 0.2) is 77.9 Å². The molecule has 39 heavy (non-hydrogen) atoms. The Morgan fingerprint density at radius 1 is 1.03 bits per heavy atom. The van der Waals surface area contributed by atoms with Gasteiger partial charge in [-0.3, -0.25) is 14.3 Å². The van der Waals surface area contributed by atoms with Crippen LogP contribution in [0.25, 0.3) is 16.6 Å². The number of carboxylic acid groups (broad SMARTS) is 2. The van der Waals surface area contributed by atoms with E-state index in [-0.39, 0.29) is 12.2 Å². The van der Waals surface area contributed by atoms with Crippen LogP contribution in [0.3, 0.4) is 0 Å². The molecule has 1 aliphatic heterocycles. The molecule has 4 aromatic rings. The summed E-state index contributed by atoms with van der Waals surface area (Å²) in [6.45, 7) is 3.38. The number of hydrogen-bond acceptors (Lipinski definition) is 6. The molecule has 0 saturated heterocycles. The zero-order valence-electron chi connectivity index (χ0n) is 21.2. The molecule has 0 spiro atoms. The highest BCUT2D eigenvalue weighted by Gasteiger charge is 2.15. The molecule has 0 saturated carbocycles. The topological polar surface area (TPSA) is 127 Å². The molecule has 1 aliphatic rings. The number of pyridine rings is 2. The molecule has 0 atom stereocenters. The third-order valence-corrected chi connectivity index (χ3v) is 6.36. The van der Waals surface area contributed by atoms with Crippen LogP contribution < -0.4 is 10.3 Å². The summed E-state index contributed by atoms with van der Waals surface area (Å²) < 4.78 is 9.76. The lowest BCUT2D eigenvalue weighted by Gasteiger charge is -2.12. The van der Waals surface area contributed by atoms with Crippen molar-refractivity contribution >= 4 is 34.4 Å². The van der Waals surface area contributed by atoms with Gasteiger partial charge in [0.2, 0.25) is 0 Å². The fourth-order valence-corrected chi connectivity index (χ4v) is 4.29. The van der Waals surface area contributed by atoms with Crippen molar-refractivity contribution in [3.05, 3.63) is 99.8 Å². The summed E-state index contributed by atoms with van der Waals surface area (Å²) in [4.78, 5) is 38.4. The molecule has 1 aromatic carbocycles. The van der Waals surface area contributed by atoms with Crippen LogP contribution in [0.2, 0.25) is 5.02 Å². The first-order chi connectivity index (χ1) is 18.7. The lowest BCUT2D eigenvalue weighted by atomic mass is 10.2. The Morgan fingerprint density at radius 2 is 1.79 bits per heavy atom. The number of likely N-dealkylation sites (N-methyl/N-ethyl adjacent to an activating group) is 1. The van der Waals surface area contributed by atoms with Gasteiger partial charge in [-0.1, -0.05) is 11.6 Å². The summed E-state index contributed by atoms with van der Waals surface area (Å²) in [5, 5.41) is 17.4. The van der Waals surface area contributed by atoms with E-state index >= 15 is 0 Å². The third kappa shape index (κ3) is 7.34. The summed E-state index contributed by atoms with van der Waals surface area (Å²) in [6, 6.07) is 15.3. The standard InChI is InChI=1S/C24H23ClN4O2.C4H4O4/c1-27-8-6-21-13-17-12-20(4-5-23(17)28(21)11-10-27)29-9-7-22(14-24(29)30)31-16-19-3-2-18(25)15-26-19;5-3(6)1-2-4(7)8/h2-5,7,9,12-15H,6,8,10-11,16H2,1H3;1-2H,(H,5,6)(H,7,8)/b;2-1-. The highest BCUT2D eigenvalue weighted by Crippen LogP contribution is 2.25. The average Bonchev–Trinajstić information content (AvgIpc) is 3.15. The van der Waals surface area contributed by atoms with Crippen molar-refractivity contribution in [1.82, 2.24) is 19.0 Å². The Morgan fingerprint density at radius 3 is 2.46 bits per heavy atom. The average molecular weight is 551 g/mol. The summed E-state index contributed by atoms with van der Waals surface area (Å²) in [6.07, 6.45) is 5.48. The number of fused-ring (bicyclic) bond motifs is 3. The first-order valence-corrected chi connectivity index (χ1v) is 12.5. The van der Waals surface area contributed by atoms with E-state index in [2.05, 4.69) is 39.7 Å². The summed E-state index contributed by atoms with van der Waals surface area (Å²) in [7, 11) is 2.17. The fourth-order valence-electron chi connectivity index (χ4n) is 4.18. The lowest BCUT2D eigenvalue weighted by Crippen LogP contribution is -2.21. The Balaban J connectivity index is 0.000000386. The molecule has 10 nitrogen and oxygen atoms in total. The zero-order chi connectivity index (χ0) is 27.9. The van der Waals surface area contributed by atoms with E-state index in [1.165, 1.54) is 17.3 Å². The SMILES string of the molecule is CN1CCc2cc3cc(-n4ccc(OCc5ccc(Cl)cn5)cc4=O)ccc3n2CC1.O=C(O)/C=C\C(=O)O. The monoisotopic (exact) mass is 550 g/mol. The number of aromatic nitrogens is 3. The molecule has 0 fully saturated rings. The van der Waals surface area contributed by atoms with Crippen LogP contribution in [0.5, 0.6) is 5.75 Å². The number of benzene rings is 1. The molecule has 0 aliphatic carbocycles. The van der Waals surface area contributed by atoms with E-state index in [4.69, 9.17) is 26.6 Å². The molecule has 5 rings (SSSR count). The highest BCUT2D eigenvalue weighted by atomic mass is 35.5. The first-order valence-electron chi connectivity index (χ1n) is 12.1. The van der Waals surface area contributed by atoms with E-state index in [1.807, 2.05) is 6.07 Å². The fraction of sp³-hybridized carbons (Fsp3) is 0.214. The number of halogens is 1. The first kappa shape index (κ1) is 27.6. The number of rotatable bonds is 6. The second kappa shape index (κ2) is 12.4. The minimum absolute atomic E-state index is 0.136. The third-order valence-electron chi connectivity index (χ3n) is 6.14. The van der Waals surface area contributed by atoms with Crippen molar-refractivity contribution in [1.29, 1.82) is 0 Å². The Labute approximate surface area is 229 Å². The van der Waals surface area contributed by atoms with Gasteiger partial charge in [-0.25, -0.2) is 9.59 Å². The highest BCUT2D eigenvalue weighted by molar-refractivity contribution is 6.30.